The minimum atomic E-state index is -0.498. The lowest BCUT2D eigenvalue weighted by Gasteiger charge is -2.19. The van der Waals surface area contributed by atoms with Crippen molar-refractivity contribution >= 4 is 34.3 Å². The summed E-state index contributed by atoms with van der Waals surface area (Å²) in [5.74, 6) is 0.664. The molecule has 2 aromatic heterocycles. The molecule has 0 unspecified atom stereocenters. The molecule has 0 atom stereocenters. The van der Waals surface area contributed by atoms with E-state index in [9.17, 15) is 4.79 Å². The molecule has 7 heteroatoms. The highest BCUT2D eigenvalue weighted by Crippen LogP contribution is 2.28. The van der Waals surface area contributed by atoms with Crippen molar-refractivity contribution in [2.24, 2.45) is 0 Å². The van der Waals surface area contributed by atoms with Gasteiger partial charge in [0.05, 0.1) is 18.4 Å². The number of carbonyl (C=O) groups excluding carboxylic acids is 1. The molecule has 3 rings (SSSR count). The van der Waals surface area contributed by atoms with Crippen LogP contribution in [0.25, 0.3) is 16.6 Å². The van der Waals surface area contributed by atoms with Gasteiger partial charge in [-0.3, -0.25) is 9.20 Å². The molecule has 132 valence electrons. The minimum absolute atomic E-state index is 0.178. The number of nitrogens with zero attached hydrogens (tertiary/aromatic N) is 3. The van der Waals surface area contributed by atoms with Crippen LogP contribution in [0.15, 0.2) is 29.4 Å². The number of benzene rings is 1. The molecule has 0 fully saturated rings. The smallest absolute Gasteiger partial charge is 0.316 e. The number of thioether (sulfide) groups is 1. The van der Waals surface area contributed by atoms with Crippen molar-refractivity contribution in [3.8, 4) is 5.75 Å². The molecule has 2 heterocycles. The summed E-state index contributed by atoms with van der Waals surface area (Å²) < 4.78 is 12.6. The van der Waals surface area contributed by atoms with Gasteiger partial charge < -0.3 is 9.47 Å². The van der Waals surface area contributed by atoms with Crippen molar-refractivity contribution in [3.63, 3.8) is 0 Å². The molecule has 0 bridgehead atoms. The van der Waals surface area contributed by atoms with Crippen LogP contribution in [0.3, 0.4) is 0 Å². The van der Waals surface area contributed by atoms with Gasteiger partial charge in [0.2, 0.25) is 0 Å². The zero-order chi connectivity index (χ0) is 18.2. The maximum absolute atomic E-state index is 12.0. The van der Waals surface area contributed by atoms with Gasteiger partial charge in [0.25, 0.3) is 0 Å². The van der Waals surface area contributed by atoms with Gasteiger partial charge >= 0.3 is 5.97 Å². The highest BCUT2D eigenvalue weighted by molar-refractivity contribution is 7.99. The second-order valence-corrected chi connectivity index (χ2v) is 7.70. The number of hydrogen-bond acceptors (Lipinski definition) is 6. The van der Waals surface area contributed by atoms with Crippen LogP contribution in [0.2, 0.25) is 0 Å². The van der Waals surface area contributed by atoms with Crippen molar-refractivity contribution in [3.05, 3.63) is 29.8 Å². The Balaban J connectivity index is 1.99. The van der Waals surface area contributed by atoms with Gasteiger partial charge in [0, 0.05) is 11.5 Å². The predicted molar refractivity (Wildman–Crippen MR) is 98.4 cm³/mol. The summed E-state index contributed by atoms with van der Waals surface area (Å²) in [6, 6.07) is 7.89. The molecular formula is C18H21N3O3S. The number of carbonyl (C=O) groups is 1. The third-order valence-electron chi connectivity index (χ3n) is 3.61. The van der Waals surface area contributed by atoms with Crippen LogP contribution < -0.4 is 4.74 Å². The first-order valence-corrected chi connectivity index (χ1v) is 8.94. The van der Waals surface area contributed by atoms with Crippen LogP contribution in [0.5, 0.6) is 5.75 Å². The molecule has 0 saturated carbocycles. The molecule has 0 amide bonds. The molecule has 25 heavy (non-hydrogen) atoms. The van der Waals surface area contributed by atoms with Crippen LogP contribution in [-0.2, 0) is 9.53 Å². The van der Waals surface area contributed by atoms with E-state index in [0.717, 1.165) is 27.9 Å². The first kappa shape index (κ1) is 17.5. The van der Waals surface area contributed by atoms with Crippen LogP contribution in [0.4, 0.5) is 0 Å². The second-order valence-electron chi connectivity index (χ2n) is 6.76. The molecule has 0 aliphatic heterocycles. The zero-order valence-electron chi connectivity index (χ0n) is 15.0. The van der Waals surface area contributed by atoms with E-state index in [1.807, 2.05) is 56.4 Å². The number of methoxy groups -OCH3 is 1. The molecule has 0 radical (unpaired) electrons. The SMILES string of the molecule is COc1ccc2c(C)cc3nnc(SCC(=O)OC(C)(C)C)n3c2c1. The number of aryl methyl sites for hydroxylation is 1. The van der Waals surface area contributed by atoms with Crippen LogP contribution in [0, 0.1) is 6.92 Å². The largest absolute Gasteiger partial charge is 0.497 e. The highest BCUT2D eigenvalue weighted by Gasteiger charge is 2.18. The number of aromatic nitrogens is 3. The number of esters is 1. The number of rotatable bonds is 4. The Morgan fingerprint density at radius 1 is 1.24 bits per heavy atom. The normalized spacial score (nSPS) is 11.9. The topological polar surface area (TPSA) is 65.7 Å². The molecule has 0 saturated heterocycles. The summed E-state index contributed by atoms with van der Waals surface area (Å²) in [6.45, 7) is 7.59. The Morgan fingerprint density at radius 3 is 2.68 bits per heavy atom. The summed E-state index contributed by atoms with van der Waals surface area (Å²) in [4.78, 5) is 12.0. The fourth-order valence-corrected chi connectivity index (χ4v) is 3.34. The summed E-state index contributed by atoms with van der Waals surface area (Å²) in [5.41, 5.74) is 2.30. The minimum Gasteiger partial charge on any atom is -0.497 e. The first-order chi connectivity index (χ1) is 11.8. The van der Waals surface area contributed by atoms with E-state index in [1.165, 1.54) is 11.8 Å². The predicted octanol–water partition coefficient (Wildman–Crippen LogP) is 3.63. The van der Waals surface area contributed by atoms with Crippen molar-refractivity contribution in [2.75, 3.05) is 12.9 Å². The van der Waals surface area contributed by atoms with E-state index in [-0.39, 0.29) is 11.7 Å². The Bertz CT molecular complexity index is 944. The van der Waals surface area contributed by atoms with Gasteiger partial charge in [-0.1, -0.05) is 11.8 Å². The van der Waals surface area contributed by atoms with Crippen LogP contribution >= 0.6 is 11.8 Å². The average molecular weight is 359 g/mol. The van der Waals surface area contributed by atoms with Crippen molar-refractivity contribution < 1.29 is 14.3 Å². The fraction of sp³-hybridized carbons (Fsp3) is 0.389. The Morgan fingerprint density at radius 2 is 2.00 bits per heavy atom. The van der Waals surface area contributed by atoms with E-state index in [0.29, 0.717) is 5.16 Å². The van der Waals surface area contributed by atoms with E-state index in [1.54, 1.807) is 7.11 Å². The molecule has 0 N–H and O–H groups in total. The molecule has 6 nitrogen and oxygen atoms in total. The highest BCUT2D eigenvalue weighted by atomic mass is 32.2. The lowest BCUT2D eigenvalue weighted by Crippen LogP contribution is -2.25. The van der Waals surface area contributed by atoms with Gasteiger partial charge in [-0.2, -0.15) is 0 Å². The third-order valence-corrected chi connectivity index (χ3v) is 4.52. The lowest BCUT2D eigenvalue weighted by atomic mass is 10.1. The standard InChI is InChI=1S/C18H21N3O3S/c1-11-8-15-19-20-17(25-10-16(22)24-18(2,3)4)21(15)14-9-12(23-5)6-7-13(11)14/h6-9H,10H2,1-5H3. The fourth-order valence-electron chi connectivity index (χ4n) is 2.62. The number of hydrogen-bond donors (Lipinski definition) is 0. The molecule has 0 aliphatic carbocycles. The zero-order valence-corrected chi connectivity index (χ0v) is 15.8. The van der Waals surface area contributed by atoms with Crippen LogP contribution in [0.1, 0.15) is 26.3 Å². The van der Waals surface area contributed by atoms with Gasteiger partial charge in [0.1, 0.15) is 11.4 Å². The molecule has 0 spiro atoms. The Kier molecular flexibility index (Phi) is 4.60. The molecule has 1 aromatic carbocycles. The lowest BCUT2D eigenvalue weighted by molar-refractivity contribution is -0.151. The van der Waals surface area contributed by atoms with Gasteiger partial charge in [-0.25, -0.2) is 0 Å². The Hall–Kier alpha value is -2.28. The van der Waals surface area contributed by atoms with E-state index in [2.05, 4.69) is 10.2 Å². The van der Waals surface area contributed by atoms with Gasteiger partial charge in [-0.05, 0) is 51.5 Å². The first-order valence-electron chi connectivity index (χ1n) is 7.95. The number of ether oxygens (including phenoxy) is 2. The maximum atomic E-state index is 12.0. The number of fused-ring (bicyclic) bond motifs is 3. The molecular weight excluding hydrogens is 338 g/mol. The third kappa shape index (κ3) is 3.71. The van der Waals surface area contributed by atoms with Crippen LogP contribution in [-0.4, -0.2) is 39.0 Å². The molecule has 0 aliphatic rings. The average Bonchev–Trinajstić information content (AvgIpc) is 2.94. The van der Waals surface area contributed by atoms with Gasteiger partial charge in [0.15, 0.2) is 10.8 Å². The summed E-state index contributed by atoms with van der Waals surface area (Å²) >= 11 is 1.31. The van der Waals surface area contributed by atoms with E-state index >= 15 is 0 Å². The number of pyridine rings is 1. The maximum Gasteiger partial charge on any atom is 0.316 e. The summed E-state index contributed by atoms with van der Waals surface area (Å²) in [6.07, 6.45) is 0. The monoisotopic (exact) mass is 359 g/mol. The Labute approximate surface area is 150 Å². The van der Waals surface area contributed by atoms with Crippen molar-refractivity contribution in [1.82, 2.24) is 14.6 Å². The summed E-state index contributed by atoms with van der Waals surface area (Å²) in [7, 11) is 1.64. The quantitative estimate of drug-likeness (QED) is 0.523. The molecule has 3 aromatic rings. The summed E-state index contributed by atoms with van der Waals surface area (Å²) in [5, 5.41) is 10.2. The van der Waals surface area contributed by atoms with E-state index in [4.69, 9.17) is 9.47 Å². The second kappa shape index (κ2) is 6.55. The van der Waals surface area contributed by atoms with Gasteiger partial charge in [-0.15, -0.1) is 10.2 Å². The van der Waals surface area contributed by atoms with Crippen molar-refractivity contribution in [1.29, 1.82) is 0 Å². The van der Waals surface area contributed by atoms with Crippen molar-refractivity contribution in [2.45, 2.75) is 38.5 Å². The van der Waals surface area contributed by atoms with E-state index < -0.39 is 5.60 Å².